The second-order valence-corrected chi connectivity index (χ2v) is 14.5. The minimum Gasteiger partial charge on any atom is -0.310 e. The summed E-state index contributed by atoms with van der Waals surface area (Å²) in [7, 11) is 0. The molecule has 0 amide bonds. The highest BCUT2D eigenvalue weighted by molar-refractivity contribution is 6.17. The highest BCUT2D eigenvalue weighted by Gasteiger charge is 2.26. The van der Waals surface area contributed by atoms with Gasteiger partial charge in [-0.1, -0.05) is 183 Å². The summed E-state index contributed by atoms with van der Waals surface area (Å²) in [5.41, 5.74) is 9.73. The molecule has 10 rings (SSSR count). The molecular formula is C53H39N. The van der Waals surface area contributed by atoms with Gasteiger partial charge in [0, 0.05) is 22.7 Å². The highest BCUT2D eigenvalue weighted by Crippen LogP contribution is 2.48. The average Bonchev–Trinajstić information content (AvgIpc) is 3.24. The van der Waals surface area contributed by atoms with E-state index in [1.54, 1.807) is 0 Å². The third kappa shape index (κ3) is 5.40. The van der Waals surface area contributed by atoms with Crippen LogP contribution in [0.1, 0.15) is 18.4 Å². The number of fused-ring (bicyclic) bond motifs is 6. The maximum Gasteiger partial charge on any atom is 0.0546 e. The molecule has 0 saturated carbocycles. The van der Waals surface area contributed by atoms with E-state index in [1.807, 2.05) is 0 Å². The van der Waals surface area contributed by atoms with E-state index in [0.29, 0.717) is 5.92 Å². The molecule has 256 valence electrons. The fraction of sp³-hybridized carbons (Fsp3) is 0.0566. The van der Waals surface area contributed by atoms with Crippen molar-refractivity contribution in [2.45, 2.75) is 12.8 Å². The van der Waals surface area contributed by atoms with Crippen LogP contribution in [-0.4, -0.2) is 0 Å². The van der Waals surface area contributed by atoms with Gasteiger partial charge in [-0.25, -0.2) is 0 Å². The molecule has 2 atom stereocenters. The zero-order chi connectivity index (χ0) is 36.0. The molecule has 2 unspecified atom stereocenters. The van der Waals surface area contributed by atoms with Gasteiger partial charge < -0.3 is 4.90 Å². The molecule has 1 aliphatic carbocycles. The first-order valence-electron chi connectivity index (χ1n) is 19.0. The summed E-state index contributed by atoms with van der Waals surface area (Å²) in [6.07, 6.45) is 9.16. The Morgan fingerprint density at radius 2 is 0.944 bits per heavy atom. The molecule has 1 heteroatoms. The normalized spacial score (nSPS) is 15.4. The largest absolute Gasteiger partial charge is 0.310 e. The molecule has 54 heavy (non-hydrogen) atoms. The van der Waals surface area contributed by atoms with Gasteiger partial charge in [-0.3, -0.25) is 0 Å². The van der Waals surface area contributed by atoms with Crippen molar-refractivity contribution in [2.75, 3.05) is 4.90 Å². The minimum absolute atomic E-state index is 0.245. The Kier molecular flexibility index (Phi) is 7.92. The van der Waals surface area contributed by atoms with E-state index in [4.69, 9.17) is 0 Å². The van der Waals surface area contributed by atoms with Gasteiger partial charge in [0.15, 0.2) is 0 Å². The summed E-state index contributed by atoms with van der Waals surface area (Å²) in [5, 5.41) is 10.2. The summed E-state index contributed by atoms with van der Waals surface area (Å²) in [5.74, 6) is 0.610. The van der Waals surface area contributed by atoms with E-state index < -0.39 is 0 Å². The smallest absolute Gasteiger partial charge is 0.0546 e. The summed E-state index contributed by atoms with van der Waals surface area (Å²) in [6.45, 7) is 2.35. The van der Waals surface area contributed by atoms with E-state index in [9.17, 15) is 0 Å². The standard InChI is InChI=1S/C53H39N/c1-36-16-5-7-22-43(36)53-50-29-14-11-26-47(50)46-25-10-13-28-49(46)52(53)40-20-15-21-42(34-40)54(41-32-30-38(31-33-41)37-17-3-2-4-18-37)51-35-39-19-6-8-23-44(39)45-24-9-12-27-48(45)51/h2-36,43H,1H3. The molecule has 0 bridgehead atoms. The summed E-state index contributed by atoms with van der Waals surface area (Å²) >= 11 is 0. The third-order valence-electron chi connectivity index (χ3n) is 11.3. The zero-order valence-corrected chi connectivity index (χ0v) is 30.2. The monoisotopic (exact) mass is 689 g/mol. The van der Waals surface area contributed by atoms with Gasteiger partial charge in [0.2, 0.25) is 0 Å². The first-order chi connectivity index (χ1) is 26.7. The lowest BCUT2D eigenvalue weighted by atomic mass is 9.76. The second-order valence-electron chi connectivity index (χ2n) is 14.5. The van der Waals surface area contributed by atoms with Crippen molar-refractivity contribution in [3.8, 4) is 22.3 Å². The van der Waals surface area contributed by atoms with Crippen LogP contribution < -0.4 is 4.90 Å². The van der Waals surface area contributed by atoms with Crippen molar-refractivity contribution in [1.82, 2.24) is 0 Å². The molecule has 0 heterocycles. The van der Waals surface area contributed by atoms with Crippen molar-refractivity contribution in [1.29, 1.82) is 0 Å². The van der Waals surface area contributed by atoms with Crippen LogP contribution in [-0.2, 0) is 0 Å². The molecule has 0 fully saturated rings. The Morgan fingerprint density at radius 3 is 1.69 bits per heavy atom. The van der Waals surface area contributed by atoms with Crippen molar-refractivity contribution >= 4 is 60.2 Å². The molecular weight excluding hydrogens is 651 g/mol. The number of rotatable bonds is 6. The molecule has 1 aliphatic rings. The van der Waals surface area contributed by atoms with Crippen LogP contribution in [0.4, 0.5) is 17.1 Å². The molecule has 0 saturated heterocycles. The van der Waals surface area contributed by atoms with E-state index in [1.165, 1.54) is 70.9 Å². The zero-order valence-electron chi connectivity index (χ0n) is 30.2. The SMILES string of the molecule is CC1C=CC=CC1c1c(-c2cccc(N(c3ccc(-c4ccccc4)cc3)c3cc4ccccc4c4ccccc34)c2)c2ccccc2c2ccccc12. The van der Waals surface area contributed by atoms with Gasteiger partial charge in [0.05, 0.1) is 5.69 Å². The van der Waals surface area contributed by atoms with Gasteiger partial charge in [-0.15, -0.1) is 0 Å². The van der Waals surface area contributed by atoms with Crippen LogP contribution in [0.15, 0.2) is 206 Å². The van der Waals surface area contributed by atoms with Crippen LogP contribution in [0.25, 0.3) is 65.3 Å². The predicted octanol–water partition coefficient (Wildman–Crippen LogP) is 14.9. The van der Waals surface area contributed by atoms with Gasteiger partial charge in [-0.05, 0) is 102 Å². The van der Waals surface area contributed by atoms with Crippen molar-refractivity contribution in [3.05, 3.63) is 212 Å². The maximum absolute atomic E-state index is 2.46. The molecule has 1 nitrogen and oxygen atoms in total. The Labute approximate surface area is 316 Å². The third-order valence-corrected chi connectivity index (χ3v) is 11.3. The van der Waals surface area contributed by atoms with E-state index in [0.717, 1.165) is 17.1 Å². The van der Waals surface area contributed by atoms with Crippen molar-refractivity contribution < 1.29 is 0 Å². The Balaban J connectivity index is 1.24. The first-order valence-corrected chi connectivity index (χ1v) is 19.0. The Hall–Kier alpha value is -6.70. The lowest BCUT2D eigenvalue weighted by Gasteiger charge is -2.30. The fourth-order valence-corrected chi connectivity index (χ4v) is 8.78. The number of hydrogen-bond donors (Lipinski definition) is 0. The second kappa shape index (κ2) is 13.4. The van der Waals surface area contributed by atoms with Gasteiger partial charge in [0.1, 0.15) is 0 Å². The lowest BCUT2D eigenvalue weighted by molar-refractivity contribution is 0.640. The number of benzene rings is 9. The quantitative estimate of drug-likeness (QED) is 0.157. The van der Waals surface area contributed by atoms with Crippen LogP contribution in [0.3, 0.4) is 0 Å². The number of allylic oxidation sites excluding steroid dienone is 4. The topological polar surface area (TPSA) is 3.24 Å². The van der Waals surface area contributed by atoms with Crippen LogP contribution >= 0.6 is 0 Å². The fourth-order valence-electron chi connectivity index (χ4n) is 8.78. The Bertz CT molecular complexity index is 2900. The highest BCUT2D eigenvalue weighted by atomic mass is 15.1. The number of anilines is 3. The Morgan fingerprint density at radius 1 is 0.389 bits per heavy atom. The molecule has 0 radical (unpaired) electrons. The van der Waals surface area contributed by atoms with Gasteiger partial charge in [-0.2, -0.15) is 0 Å². The van der Waals surface area contributed by atoms with Crippen molar-refractivity contribution in [2.24, 2.45) is 5.92 Å². The summed E-state index contributed by atoms with van der Waals surface area (Å²) in [4.78, 5) is 2.46. The van der Waals surface area contributed by atoms with Crippen molar-refractivity contribution in [3.63, 3.8) is 0 Å². The van der Waals surface area contributed by atoms with Crippen LogP contribution in [0.2, 0.25) is 0 Å². The summed E-state index contributed by atoms with van der Waals surface area (Å²) < 4.78 is 0. The molecule has 0 N–H and O–H groups in total. The average molecular weight is 690 g/mol. The van der Waals surface area contributed by atoms with Crippen LogP contribution in [0, 0.1) is 5.92 Å². The molecule has 0 aliphatic heterocycles. The van der Waals surface area contributed by atoms with E-state index in [-0.39, 0.29) is 5.92 Å². The first kappa shape index (κ1) is 32.0. The number of hydrogen-bond acceptors (Lipinski definition) is 1. The lowest BCUT2D eigenvalue weighted by Crippen LogP contribution is -2.12. The van der Waals surface area contributed by atoms with Gasteiger partial charge in [0.25, 0.3) is 0 Å². The number of nitrogens with zero attached hydrogens (tertiary/aromatic N) is 1. The van der Waals surface area contributed by atoms with E-state index >= 15 is 0 Å². The summed E-state index contributed by atoms with van der Waals surface area (Å²) in [6, 6.07) is 66.9. The molecule has 9 aromatic carbocycles. The maximum atomic E-state index is 2.46. The minimum atomic E-state index is 0.245. The van der Waals surface area contributed by atoms with Crippen LogP contribution in [0.5, 0.6) is 0 Å². The molecule has 0 aromatic heterocycles. The molecule has 0 spiro atoms. The van der Waals surface area contributed by atoms with E-state index in [2.05, 4.69) is 218 Å². The predicted molar refractivity (Wildman–Crippen MR) is 232 cm³/mol. The van der Waals surface area contributed by atoms with Gasteiger partial charge >= 0.3 is 0 Å². The molecule has 9 aromatic rings.